The van der Waals surface area contributed by atoms with Gasteiger partial charge in [0.1, 0.15) is 18.3 Å². The van der Waals surface area contributed by atoms with Gasteiger partial charge in [0, 0.05) is 54.9 Å². The molecule has 0 saturated carbocycles. The minimum atomic E-state index is -1.95. The van der Waals surface area contributed by atoms with E-state index in [-0.39, 0.29) is 24.2 Å². The molecule has 4 N–H and O–H groups in total. The normalized spacial score (nSPS) is 38.1. The Balaban J connectivity index is 2.48. The van der Waals surface area contributed by atoms with E-state index < -0.39 is 72.2 Å². The summed E-state index contributed by atoms with van der Waals surface area (Å²) in [6.45, 7) is 16.4. The number of ether oxygens (including phenoxy) is 4. The predicted octanol–water partition coefficient (Wildman–Crippen LogP) is 5.05. The number of carbonyl (C=O) groups excluding carboxylic acids is 2. The smallest absolute Gasteiger partial charge is 0.334 e. The molecule has 0 amide bonds. The van der Waals surface area contributed by atoms with Crippen molar-refractivity contribution >= 4 is 17.9 Å². The summed E-state index contributed by atoms with van der Waals surface area (Å²) in [5, 5.41) is 43.5. The van der Waals surface area contributed by atoms with E-state index in [4.69, 9.17) is 24.1 Å². The number of aliphatic hydroxyl groups excluding tert-OH is 2. The van der Waals surface area contributed by atoms with Crippen molar-refractivity contribution in [2.24, 2.45) is 29.6 Å². The highest BCUT2D eigenvalue weighted by Crippen LogP contribution is 2.41. The average Bonchev–Trinajstić information content (AvgIpc) is 3.04. The maximum atomic E-state index is 13.5. The highest BCUT2D eigenvalue weighted by atomic mass is 16.6. The van der Waals surface area contributed by atoms with E-state index in [2.05, 4.69) is 0 Å². The number of hydrogen-bond acceptors (Lipinski definition) is 10. The first kappa shape index (κ1) is 42.1. The molecular formula is C38H58O11. The van der Waals surface area contributed by atoms with E-state index in [0.29, 0.717) is 24.5 Å². The Morgan fingerprint density at radius 2 is 1.80 bits per heavy atom. The Hall–Kier alpha value is -3.09. The number of carboxylic acids is 1. The molecule has 0 bridgehead atoms. The molecule has 11 heteroatoms. The van der Waals surface area contributed by atoms with Crippen molar-refractivity contribution in [3.63, 3.8) is 0 Å². The SMILES string of the molecule is CC[C@H]1O[C@@](O)([C@@H](C)[C@H](O)[C@H](C)[C@H]2OC(=O)/C(C)=C/C(C)=C/[C@@H](C)[C@@H](O)[C@@H](C)C/C(C)=C/C=C/[C@@H]2OC)C[C@@H](OC(=O)/C=C/C(=O)O)[C@H]1C. The van der Waals surface area contributed by atoms with Crippen LogP contribution in [0.1, 0.15) is 81.6 Å². The zero-order valence-electron chi connectivity index (χ0n) is 30.7. The van der Waals surface area contributed by atoms with Crippen LogP contribution in [0.4, 0.5) is 0 Å². The summed E-state index contributed by atoms with van der Waals surface area (Å²) in [4.78, 5) is 36.8. The fourth-order valence-corrected chi connectivity index (χ4v) is 6.79. The second kappa shape index (κ2) is 18.8. The molecule has 0 aromatic heterocycles. The summed E-state index contributed by atoms with van der Waals surface area (Å²) in [7, 11) is 1.48. The summed E-state index contributed by atoms with van der Waals surface area (Å²) in [6.07, 6.45) is 6.52. The Kier molecular flexibility index (Phi) is 16.1. The molecule has 12 atom stereocenters. The van der Waals surface area contributed by atoms with Gasteiger partial charge in [0.15, 0.2) is 5.79 Å². The van der Waals surface area contributed by atoms with Crippen molar-refractivity contribution in [2.45, 2.75) is 124 Å². The van der Waals surface area contributed by atoms with Crippen molar-refractivity contribution in [3.8, 4) is 0 Å². The molecule has 2 rings (SSSR count). The molecule has 0 aromatic carbocycles. The van der Waals surface area contributed by atoms with Gasteiger partial charge in [0.2, 0.25) is 0 Å². The van der Waals surface area contributed by atoms with Crippen LogP contribution in [0.3, 0.4) is 0 Å². The van der Waals surface area contributed by atoms with Crippen LogP contribution in [-0.2, 0) is 33.3 Å². The van der Waals surface area contributed by atoms with Crippen LogP contribution in [0.25, 0.3) is 0 Å². The fourth-order valence-electron chi connectivity index (χ4n) is 6.79. The second-order valence-electron chi connectivity index (χ2n) is 14.0. The van der Waals surface area contributed by atoms with Crippen molar-refractivity contribution in [2.75, 3.05) is 7.11 Å². The lowest BCUT2D eigenvalue weighted by Gasteiger charge is -2.49. The summed E-state index contributed by atoms with van der Waals surface area (Å²) >= 11 is 0. The second-order valence-corrected chi connectivity index (χ2v) is 14.0. The molecule has 0 radical (unpaired) electrons. The lowest BCUT2D eigenvalue weighted by Crippen LogP contribution is -2.58. The Morgan fingerprint density at radius 3 is 2.39 bits per heavy atom. The number of carboxylic acid groups (broad SMARTS) is 1. The molecule has 2 aliphatic heterocycles. The van der Waals surface area contributed by atoms with E-state index in [9.17, 15) is 29.7 Å². The van der Waals surface area contributed by atoms with Crippen molar-refractivity contribution in [1.82, 2.24) is 0 Å². The predicted molar refractivity (Wildman–Crippen MR) is 185 cm³/mol. The van der Waals surface area contributed by atoms with Crippen LogP contribution < -0.4 is 0 Å². The third kappa shape index (κ3) is 11.7. The Morgan fingerprint density at radius 1 is 1.14 bits per heavy atom. The third-order valence-electron chi connectivity index (χ3n) is 9.91. The van der Waals surface area contributed by atoms with E-state index in [0.717, 1.165) is 17.2 Å². The van der Waals surface area contributed by atoms with Crippen LogP contribution in [0.15, 0.2) is 59.3 Å². The van der Waals surface area contributed by atoms with Crippen molar-refractivity contribution in [3.05, 3.63) is 59.3 Å². The fraction of sp³-hybridized carbons (Fsp3) is 0.658. The van der Waals surface area contributed by atoms with Gasteiger partial charge in [-0.3, -0.25) is 0 Å². The summed E-state index contributed by atoms with van der Waals surface area (Å²) in [5.41, 5.74) is 2.15. The van der Waals surface area contributed by atoms with Crippen LogP contribution in [0, 0.1) is 29.6 Å². The molecule has 49 heavy (non-hydrogen) atoms. The van der Waals surface area contributed by atoms with E-state index in [1.807, 2.05) is 53.7 Å². The minimum absolute atomic E-state index is 0.0123. The molecule has 1 saturated heterocycles. The standard InChI is InChI=1S/C38H58O11/c1-11-29-26(7)31(47-33(41)16-15-32(39)40)20-38(45,49-29)28(9)35(43)27(8)36-30(46-10)14-12-13-21(2)17-23(4)34(42)24(5)18-22(3)19-25(6)37(44)48-36/h12-16,18-19,23-24,26-31,34-36,42-43,45H,11,17,20H2,1-10H3,(H,39,40)/b14-12+,16-15+,21-13+,22-18+,25-19+/t23-,24+,26-,27-,28-,29+,30-,31+,34-,35+,36+,38+/m0/s1. The first-order valence-corrected chi connectivity index (χ1v) is 17.2. The van der Waals surface area contributed by atoms with E-state index >= 15 is 0 Å². The largest absolute Gasteiger partial charge is 0.478 e. The molecule has 0 spiro atoms. The van der Waals surface area contributed by atoms with Gasteiger partial charge in [-0.2, -0.15) is 0 Å². The number of cyclic esters (lactones) is 1. The minimum Gasteiger partial charge on any atom is -0.478 e. The van der Waals surface area contributed by atoms with Gasteiger partial charge < -0.3 is 39.4 Å². The van der Waals surface area contributed by atoms with Gasteiger partial charge in [0.25, 0.3) is 0 Å². The molecule has 11 nitrogen and oxygen atoms in total. The number of methoxy groups -OCH3 is 1. The molecule has 2 heterocycles. The van der Waals surface area contributed by atoms with Gasteiger partial charge in [-0.05, 0) is 45.6 Å². The van der Waals surface area contributed by atoms with Crippen LogP contribution in [0.5, 0.6) is 0 Å². The average molecular weight is 691 g/mol. The number of carbonyl (C=O) groups is 3. The first-order chi connectivity index (χ1) is 22.8. The molecule has 1 fully saturated rings. The number of allylic oxidation sites excluding steroid dienone is 5. The van der Waals surface area contributed by atoms with Gasteiger partial charge in [0.05, 0.1) is 18.3 Å². The molecule has 276 valence electrons. The maximum absolute atomic E-state index is 13.5. The van der Waals surface area contributed by atoms with E-state index in [1.54, 1.807) is 39.0 Å². The Bertz CT molecular complexity index is 1300. The summed E-state index contributed by atoms with van der Waals surface area (Å²) in [6, 6.07) is 0. The quantitative estimate of drug-likeness (QED) is 0.189. The lowest BCUT2D eigenvalue weighted by molar-refractivity contribution is -0.323. The topological polar surface area (TPSA) is 169 Å². The number of esters is 2. The number of rotatable bonds is 9. The Labute approximate surface area is 291 Å². The van der Waals surface area contributed by atoms with Gasteiger partial charge in [-0.15, -0.1) is 0 Å². The number of hydrogen-bond donors (Lipinski definition) is 4. The molecule has 2 aliphatic rings. The maximum Gasteiger partial charge on any atom is 0.334 e. The summed E-state index contributed by atoms with van der Waals surface area (Å²) in [5.74, 6) is -6.97. The highest BCUT2D eigenvalue weighted by Gasteiger charge is 2.52. The third-order valence-corrected chi connectivity index (χ3v) is 9.91. The summed E-state index contributed by atoms with van der Waals surface area (Å²) < 4.78 is 23.6. The van der Waals surface area contributed by atoms with Crippen LogP contribution in [-0.4, -0.2) is 87.9 Å². The zero-order chi connectivity index (χ0) is 37.2. The number of aliphatic carboxylic acids is 1. The first-order valence-electron chi connectivity index (χ1n) is 17.2. The van der Waals surface area contributed by atoms with Gasteiger partial charge in [-0.25, -0.2) is 14.4 Å². The molecular weight excluding hydrogens is 632 g/mol. The highest BCUT2D eigenvalue weighted by molar-refractivity contribution is 5.90. The zero-order valence-corrected chi connectivity index (χ0v) is 30.7. The van der Waals surface area contributed by atoms with Crippen LogP contribution in [0.2, 0.25) is 0 Å². The van der Waals surface area contributed by atoms with Crippen LogP contribution >= 0.6 is 0 Å². The molecule has 0 aromatic rings. The van der Waals surface area contributed by atoms with Gasteiger partial charge >= 0.3 is 17.9 Å². The lowest BCUT2D eigenvalue weighted by atomic mass is 9.77. The monoisotopic (exact) mass is 690 g/mol. The molecule has 0 aliphatic carbocycles. The molecule has 0 unspecified atom stereocenters. The number of aliphatic hydroxyl groups is 3. The van der Waals surface area contributed by atoms with Crippen molar-refractivity contribution < 1.29 is 53.8 Å². The van der Waals surface area contributed by atoms with E-state index in [1.165, 1.54) is 7.11 Å². The van der Waals surface area contributed by atoms with Crippen molar-refractivity contribution in [1.29, 1.82) is 0 Å². The van der Waals surface area contributed by atoms with Gasteiger partial charge in [-0.1, -0.05) is 77.0 Å².